The van der Waals surface area contributed by atoms with Crippen molar-refractivity contribution in [3.05, 3.63) is 53.4 Å². The molecule has 1 fully saturated rings. The molecule has 0 spiro atoms. The minimum Gasteiger partial charge on any atom is -0.368 e. The Morgan fingerprint density at radius 1 is 1.11 bits per heavy atom. The molecule has 2 heterocycles. The molecule has 1 aromatic carbocycles. The summed E-state index contributed by atoms with van der Waals surface area (Å²) in [5.74, 6) is -6.28. The van der Waals surface area contributed by atoms with Gasteiger partial charge in [0, 0.05) is 43.4 Å². The van der Waals surface area contributed by atoms with E-state index >= 15 is 0 Å². The molecular weight excluding hydrogens is 507 g/mol. The minimum absolute atomic E-state index is 0.142. The first-order valence-corrected chi connectivity index (χ1v) is 12.0. The summed E-state index contributed by atoms with van der Waals surface area (Å²) in [7, 11) is 0. The fraction of sp³-hybridized carbons (Fsp3) is 0.458. The summed E-state index contributed by atoms with van der Waals surface area (Å²) in [4.78, 5) is 58.0. The number of hydrogen-bond donors (Lipinski definition) is 5. The van der Waals surface area contributed by atoms with Crippen LogP contribution in [0.5, 0.6) is 0 Å². The van der Waals surface area contributed by atoms with Crippen molar-refractivity contribution in [2.24, 2.45) is 11.5 Å². The average molecular weight is 538 g/mol. The van der Waals surface area contributed by atoms with Crippen molar-refractivity contribution in [2.45, 2.75) is 63.2 Å². The van der Waals surface area contributed by atoms with Gasteiger partial charge in [0.15, 0.2) is 11.6 Å². The summed E-state index contributed by atoms with van der Waals surface area (Å²) in [6, 6.07) is -2.96. The number of halogens is 3. The first kappa shape index (κ1) is 28.6. The van der Waals surface area contributed by atoms with Crippen molar-refractivity contribution in [1.82, 2.24) is 25.5 Å². The lowest BCUT2D eigenvalue weighted by molar-refractivity contribution is -0.138. The van der Waals surface area contributed by atoms with Crippen molar-refractivity contribution in [3.8, 4) is 0 Å². The fourth-order valence-electron chi connectivity index (χ4n) is 4.29. The minimum atomic E-state index is -1.38. The van der Waals surface area contributed by atoms with Crippen LogP contribution in [0.15, 0.2) is 24.7 Å². The molecule has 0 bridgehead atoms. The number of nitrogens with two attached hydrogens (primary N) is 2. The SMILES string of the molecule is CC(NC(=O)C(N)Cc1cnc[nH]1)C(=O)N[C@@H](CC(=O)N1CCCC1C(N)=O)Cc1cc(F)c(F)cc1F. The molecule has 4 amide bonds. The third kappa shape index (κ3) is 7.31. The van der Waals surface area contributed by atoms with Gasteiger partial charge in [-0.25, -0.2) is 18.2 Å². The highest BCUT2D eigenvalue weighted by atomic mass is 19.2. The van der Waals surface area contributed by atoms with Crippen LogP contribution in [-0.2, 0) is 32.0 Å². The van der Waals surface area contributed by atoms with Crippen LogP contribution in [0.3, 0.4) is 0 Å². The lowest BCUT2D eigenvalue weighted by Gasteiger charge is -2.27. The van der Waals surface area contributed by atoms with Crippen LogP contribution >= 0.6 is 0 Å². The number of hydrogen-bond acceptors (Lipinski definition) is 6. The van der Waals surface area contributed by atoms with Crippen molar-refractivity contribution in [2.75, 3.05) is 6.54 Å². The Kier molecular flexibility index (Phi) is 9.45. The topological polar surface area (TPSA) is 176 Å². The van der Waals surface area contributed by atoms with E-state index in [0.717, 1.165) is 0 Å². The van der Waals surface area contributed by atoms with Crippen molar-refractivity contribution >= 4 is 23.6 Å². The molecule has 2 aromatic rings. The normalized spacial score (nSPS) is 17.5. The number of nitrogens with zero attached hydrogens (tertiary/aromatic N) is 2. The van der Waals surface area contributed by atoms with Crippen LogP contribution in [0.4, 0.5) is 13.2 Å². The molecule has 1 aliphatic rings. The predicted molar refractivity (Wildman–Crippen MR) is 128 cm³/mol. The molecule has 7 N–H and O–H groups in total. The Labute approximate surface area is 216 Å². The van der Waals surface area contributed by atoms with Crippen molar-refractivity contribution < 1.29 is 32.3 Å². The second-order valence-corrected chi connectivity index (χ2v) is 9.24. The summed E-state index contributed by atoms with van der Waals surface area (Å²) in [5.41, 5.74) is 11.6. The number of rotatable bonds is 11. The van der Waals surface area contributed by atoms with E-state index in [9.17, 15) is 32.3 Å². The molecular formula is C24H30F3N7O4. The molecule has 1 saturated heterocycles. The number of aromatic amines is 1. The van der Waals surface area contributed by atoms with Crippen molar-refractivity contribution in [1.29, 1.82) is 0 Å². The smallest absolute Gasteiger partial charge is 0.242 e. The lowest BCUT2D eigenvalue weighted by atomic mass is 10.0. The molecule has 0 saturated carbocycles. The molecule has 3 rings (SSSR count). The number of nitrogens with one attached hydrogen (secondary N) is 3. The number of imidazole rings is 1. The first-order valence-electron chi connectivity index (χ1n) is 12.0. The van der Waals surface area contributed by atoms with Gasteiger partial charge >= 0.3 is 0 Å². The first-order chi connectivity index (χ1) is 18.0. The van der Waals surface area contributed by atoms with E-state index in [1.165, 1.54) is 24.3 Å². The molecule has 3 unspecified atom stereocenters. The van der Waals surface area contributed by atoms with Crippen LogP contribution in [0.25, 0.3) is 0 Å². The van der Waals surface area contributed by atoms with Crippen LogP contribution in [-0.4, -0.2) is 69.2 Å². The molecule has 38 heavy (non-hydrogen) atoms. The summed E-state index contributed by atoms with van der Waals surface area (Å²) in [6.07, 6.45) is 3.27. The highest BCUT2D eigenvalue weighted by Gasteiger charge is 2.34. The van der Waals surface area contributed by atoms with E-state index in [1.807, 2.05) is 0 Å². The van der Waals surface area contributed by atoms with Gasteiger partial charge in [-0.15, -0.1) is 0 Å². The van der Waals surface area contributed by atoms with Crippen LogP contribution in [0.2, 0.25) is 0 Å². The maximum atomic E-state index is 14.4. The number of primary amides is 1. The van der Waals surface area contributed by atoms with E-state index in [0.29, 0.717) is 30.7 Å². The molecule has 4 atom stereocenters. The molecule has 0 aliphatic carbocycles. The highest BCUT2D eigenvalue weighted by Crippen LogP contribution is 2.21. The molecule has 14 heteroatoms. The van der Waals surface area contributed by atoms with Gasteiger partial charge in [0.2, 0.25) is 23.6 Å². The van der Waals surface area contributed by atoms with Gasteiger partial charge < -0.3 is 32.0 Å². The van der Waals surface area contributed by atoms with Crippen molar-refractivity contribution in [3.63, 3.8) is 0 Å². The summed E-state index contributed by atoms with van der Waals surface area (Å²) in [5, 5.41) is 5.03. The largest absolute Gasteiger partial charge is 0.368 e. The quantitative estimate of drug-likeness (QED) is 0.248. The zero-order valence-electron chi connectivity index (χ0n) is 20.7. The Hall–Kier alpha value is -3.94. The monoisotopic (exact) mass is 537 g/mol. The second kappa shape index (κ2) is 12.5. The third-order valence-electron chi connectivity index (χ3n) is 6.31. The summed E-state index contributed by atoms with van der Waals surface area (Å²) in [6.45, 7) is 1.66. The van der Waals surface area contributed by atoms with E-state index in [-0.39, 0.29) is 31.4 Å². The predicted octanol–water partition coefficient (Wildman–Crippen LogP) is -0.205. The Morgan fingerprint density at radius 2 is 1.82 bits per heavy atom. The number of likely N-dealkylation sites (tertiary alicyclic amines) is 1. The molecule has 11 nitrogen and oxygen atoms in total. The third-order valence-corrected chi connectivity index (χ3v) is 6.31. The lowest BCUT2D eigenvalue weighted by Crippen LogP contribution is -2.53. The number of carbonyl (C=O) groups is 4. The number of amides is 4. The van der Waals surface area contributed by atoms with Gasteiger partial charge in [-0.3, -0.25) is 19.2 Å². The van der Waals surface area contributed by atoms with E-state index < -0.39 is 65.2 Å². The maximum absolute atomic E-state index is 14.4. The number of benzene rings is 1. The van der Waals surface area contributed by atoms with Gasteiger partial charge in [-0.1, -0.05) is 0 Å². The van der Waals surface area contributed by atoms with Crippen LogP contribution in [0, 0.1) is 17.5 Å². The second-order valence-electron chi connectivity index (χ2n) is 9.24. The molecule has 1 aliphatic heterocycles. The molecule has 206 valence electrons. The average Bonchev–Trinajstić information content (AvgIpc) is 3.54. The zero-order chi connectivity index (χ0) is 28.0. The zero-order valence-corrected chi connectivity index (χ0v) is 20.7. The molecule has 0 radical (unpaired) electrons. The van der Waals surface area contributed by atoms with Gasteiger partial charge in [-0.05, 0) is 37.8 Å². The Bertz CT molecular complexity index is 1180. The number of carbonyl (C=O) groups excluding carboxylic acids is 4. The Balaban J connectivity index is 1.71. The summed E-state index contributed by atoms with van der Waals surface area (Å²) < 4.78 is 41.5. The van der Waals surface area contributed by atoms with E-state index in [2.05, 4.69) is 20.6 Å². The van der Waals surface area contributed by atoms with Crippen LogP contribution in [0.1, 0.15) is 37.4 Å². The number of aromatic nitrogens is 2. The Morgan fingerprint density at radius 3 is 2.47 bits per heavy atom. The fourth-order valence-corrected chi connectivity index (χ4v) is 4.29. The number of H-pyrrole nitrogens is 1. The maximum Gasteiger partial charge on any atom is 0.242 e. The molecule has 1 aromatic heterocycles. The highest BCUT2D eigenvalue weighted by molar-refractivity contribution is 5.90. The van der Waals surface area contributed by atoms with Gasteiger partial charge in [0.1, 0.15) is 17.9 Å². The van der Waals surface area contributed by atoms with Gasteiger partial charge in [-0.2, -0.15) is 0 Å². The van der Waals surface area contributed by atoms with E-state index in [1.54, 1.807) is 0 Å². The standard InChI is InChI=1S/C24H30F3N7O4/c1-12(32-24(38)19(28)7-15-10-30-11-31-15)23(37)33-14(5-13-6-17(26)18(27)9-16(13)25)8-21(35)34-4-2-3-20(34)22(29)36/h6,9-12,14,19-20H,2-5,7-8,28H2,1H3,(H2,29,36)(H,30,31)(H,32,38)(H,33,37)/t12?,14-,19?,20?/m1/s1. The van der Waals surface area contributed by atoms with E-state index in [4.69, 9.17) is 11.5 Å². The van der Waals surface area contributed by atoms with Gasteiger partial charge in [0.05, 0.1) is 12.4 Å². The summed E-state index contributed by atoms with van der Waals surface area (Å²) >= 11 is 0. The van der Waals surface area contributed by atoms with Crippen LogP contribution < -0.4 is 22.1 Å². The van der Waals surface area contributed by atoms with Gasteiger partial charge in [0.25, 0.3) is 0 Å².